The summed E-state index contributed by atoms with van der Waals surface area (Å²) in [6.07, 6.45) is 11.0. The van der Waals surface area contributed by atoms with Crippen LogP contribution in [0.5, 0.6) is 5.75 Å². The van der Waals surface area contributed by atoms with Crippen molar-refractivity contribution in [2.24, 2.45) is 5.73 Å². The molecule has 9 N–H and O–H groups in total. The maximum Gasteiger partial charge on any atom is 0.338 e. The number of fused-ring (bicyclic) bond motifs is 3. The van der Waals surface area contributed by atoms with Gasteiger partial charge in [0.2, 0.25) is 5.91 Å². The van der Waals surface area contributed by atoms with Gasteiger partial charge in [0.15, 0.2) is 29.5 Å². The molecule has 10 rings (SSSR count). The molecule has 1 aliphatic carbocycles. The number of phenolic OH excluding ortho intramolecular Hbond substituents is 1. The van der Waals surface area contributed by atoms with Gasteiger partial charge in [0.25, 0.3) is 11.8 Å². The molecule has 32 heteroatoms. The van der Waals surface area contributed by atoms with Crippen LogP contribution < -0.4 is 21.7 Å². The third-order valence-corrected chi connectivity index (χ3v) is 22.0. The predicted molar refractivity (Wildman–Crippen MR) is 392 cm³/mol. The minimum Gasteiger partial charge on any atom is -0.507 e. The summed E-state index contributed by atoms with van der Waals surface area (Å²) in [5.74, 6) is -5.87. The van der Waals surface area contributed by atoms with Gasteiger partial charge in [0.05, 0.1) is 68.6 Å². The molecule has 3 amide bonds. The maximum atomic E-state index is 13.2. The van der Waals surface area contributed by atoms with Crippen LogP contribution in [0, 0.1) is 0 Å². The molecular formula is C71H71Cl6N5O18S3. The minimum absolute atomic E-state index is 0.00601. The van der Waals surface area contributed by atoms with Gasteiger partial charge in [-0.1, -0.05) is 124 Å². The number of nitrogens with two attached hydrogens (primary N) is 1. The lowest BCUT2D eigenvalue weighted by Gasteiger charge is -2.29. The molecule has 0 unspecified atom stereocenters. The lowest BCUT2D eigenvalue weighted by Crippen LogP contribution is -2.42. The molecule has 3 atom stereocenters. The number of carbonyl (C=O) groups excluding carboxylic acids is 4. The van der Waals surface area contributed by atoms with Crippen LogP contribution in [0.4, 0.5) is 0 Å². The van der Waals surface area contributed by atoms with Gasteiger partial charge in [0, 0.05) is 62.9 Å². The first-order valence-electron chi connectivity index (χ1n) is 31.3. The topological polar surface area (TPSA) is 377 Å². The molecule has 0 saturated carbocycles. The van der Waals surface area contributed by atoms with Crippen LogP contribution in [0.15, 0.2) is 136 Å². The summed E-state index contributed by atoms with van der Waals surface area (Å²) in [5.41, 5.74) is 12.7. The number of aliphatic carboxylic acids is 2. The van der Waals surface area contributed by atoms with E-state index in [1.807, 2.05) is 0 Å². The van der Waals surface area contributed by atoms with Gasteiger partial charge in [0.1, 0.15) is 23.9 Å². The third-order valence-electron chi connectivity index (χ3n) is 16.6. The second-order valence-corrected chi connectivity index (χ2v) is 32.5. The number of carbonyl (C=O) groups is 7. The number of methoxy groups -OCH3 is 1. The van der Waals surface area contributed by atoms with E-state index in [9.17, 15) is 74.1 Å². The van der Waals surface area contributed by atoms with Gasteiger partial charge >= 0.3 is 23.9 Å². The zero-order valence-electron chi connectivity index (χ0n) is 55.6. The number of rotatable bonds is 19. The van der Waals surface area contributed by atoms with E-state index in [0.717, 1.165) is 66.7 Å². The number of para-hydroxylation sites is 1. The number of aromatic carboxylic acids is 1. The van der Waals surface area contributed by atoms with Crippen molar-refractivity contribution in [1.82, 2.24) is 20.9 Å². The molecule has 0 fully saturated rings. The fourth-order valence-electron chi connectivity index (χ4n) is 11.3. The average Bonchev–Trinajstić information content (AvgIpc) is 0.787. The number of nitrogens with one attached hydrogen (secondary N) is 3. The summed E-state index contributed by atoms with van der Waals surface area (Å²) < 4.78 is 74.4. The number of ether oxygens (including phenoxy) is 1. The highest BCUT2D eigenvalue weighted by molar-refractivity contribution is 7.91. The second kappa shape index (κ2) is 36.1. The number of hydrogen-bond acceptors (Lipinski definition) is 17. The van der Waals surface area contributed by atoms with Crippen molar-refractivity contribution in [1.29, 1.82) is 0 Å². The van der Waals surface area contributed by atoms with E-state index in [-0.39, 0.29) is 94.0 Å². The summed E-state index contributed by atoms with van der Waals surface area (Å²) in [6, 6.07) is 26.2. The molecule has 7 aromatic carbocycles. The molecule has 0 spiro atoms. The standard InChI is InChI=1S/C29H26Cl2N2O7S.C20H20Cl2N2O5S.C11H10Cl2O2.C11H15NO4S/c1-41(39,40)20-7-4-5-17(13-20)14-23(29(37)38)32-28(36)26-22(30)15-19-16-33(12-11-21(19)27(26)31)25(35)10-9-18-6-2-3-8-24(18)34;1-30(28,29)13-4-2-3-11(7-13)8-16(20(26)27)24-19(25)17-15(21)9-12-10-23-6-5-14(12)18(17)22;12-8-5-6-3-1-2-4-7(6)10(13)9(8)11(14)15;1-16-11(13)10(12)7-8-4-3-5-9(6-8)17(2,14)15/h2-10,13,15,23,34H,11-12,14,16H2,1H3,(H,32,36)(H,37,38);2-4,7,9,16,23H,5-6,8,10H2,1H3,(H,24,25)(H,26,27);5H,1-4H2,(H,14,15);3-6,10H,7,12H2,1-2H3/b10-9+;;;/t23-;16-;;10-/m00.0/s1. The summed E-state index contributed by atoms with van der Waals surface area (Å²) in [5, 5.41) is 47.3. The Bertz CT molecular complexity index is 4850. The summed E-state index contributed by atoms with van der Waals surface area (Å²) in [7, 11) is -8.93. The Morgan fingerprint density at radius 1 is 0.563 bits per heavy atom. The first kappa shape index (κ1) is 82.2. The number of nitrogens with zero attached hydrogens (tertiary/aromatic N) is 1. The van der Waals surface area contributed by atoms with Crippen molar-refractivity contribution in [2.75, 3.05) is 39.0 Å². The van der Waals surface area contributed by atoms with Gasteiger partial charge in [-0.05, 0) is 168 Å². The molecule has 103 heavy (non-hydrogen) atoms. The quantitative estimate of drug-likeness (QED) is 0.0275. The number of sulfone groups is 3. The summed E-state index contributed by atoms with van der Waals surface area (Å²) >= 11 is 37.7. The van der Waals surface area contributed by atoms with E-state index >= 15 is 0 Å². The van der Waals surface area contributed by atoms with Gasteiger partial charge in [-0.25, -0.2) is 39.6 Å². The third kappa shape index (κ3) is 22.2. The number of amides is 3. The highest BCUT2D eigenvalue weighted by atomic mass is 35.5. The first-order chi connectivity index (χ1) is 48.4. The van der Waals surface area contributed by atoms with E-state index in [2.05, 4.69) is 20.7 Å². The molecule has 7 aromatic rings. The van der Waals surface area contributed by atoms with Crippen molar-refractivity contribution in [3.8, 4) is 5.75 Å². The predicted octanol–water partition coefficient (Wildman–Crippen LogP) is 10.3. The van der Waals surface area contributed by atoms with Crippen molar-refractivity contribution in [2.45, 2.75) is 104 Å². The van der Waals surface area contributed by atoms with Gasteiger partial charge in [-0.3, -0.25) is 19.2 Å². The highest BCUT2D eigenvalue weighted by Crippen LogP contribution is 2.38. The zero-order chi connectivity index (χ0) is 76.0. The Balaban J connectivity index is 0.000000208. The fourth-order valence-corrected chi connectivity index (χ4v) is 15.6. The number of carboxylic acid groups (broad SMARTS) is 3. The Hall–Kier alpha value is -8.12. The maximum absolute atomic E-state index is 13.2. The molecule has 0 bridgehead atoms. The zero-order valence-corrected chi connectivity index (χ0v) is 62.6. The Morgan fingerprint density at radius 2 is 1.00 bits per heavy atom. The minimum atomic E-state index is -3.50. The van der Waals surface area contributed by atoms with E-state index in [1.165, 1.54) is 79.9 Å². The van der Waals surface area contributed by atoms with Crippen molar-refractivity contribution >= 4 is 147 Å². The first-order valence-corrected chi connectivity index (χ1v) is 39.3. The molecule has 0 aromatic heterocycles. The van der Waals surface area contributed by atoms with E-state index in [0.29, 0.717) is 70.9 Å². The monoisotopic (exact) mass is 1590 g/mol. The van der Waals surface area contributed by atoms with Gasteiger partial charge < -0.3 is 51.7 Å². The smallest absolute Gasteiger partial charge is 0.338 e. The summed E-state index contributed by atoms with van der Waals surface area (Å²) in [6.45, 7) is 1.80. The van der Waals surface area contributed by atoms with Crippen LogP contribution in [-0.4, -0.2) is 149 Å². The largest absolute Gasteiger partial charge is 0.507 e. The number of phenols is 1. The SMILES string of the molecule is COC(=O)[C@@H](N)Cc1cccc(S(C)(=O)=O)c1.CS(=O)(=O)c1cccc(C[C@H](NC(=O)c2c(Cl)cc3c(c2Cl)CCN(C(=O)/C=C/c2ccccc2O)C3)C(=O)O)c1.CS(=O)(=O)c1cccc(C[C@H](NC(=O)c2c(Cl)cc3c(c2Cl)CCNC3)C(=O)O)c1.O=C(O)c1c(Cl)cc2c(c1Cl)CCCC2. The molecule has 548 valence electrons. The van der Waals surface area contributed by atoms with Crippen molar-refractivity contribution < 1.29 is 84.0 Å². The van der Waals surface area contributed by atoms with Crippen LogP contribution in [0.1, 0.15) is 99.6 Å². The summed E-state index contributed by atoms with van der Waals surface area (Å²) in [4.78, 5) is 86.5. The number of aromatic hydroxyl groups is 1. The highest BCUT2D eigenvalue weighted by Gasteiger charge is 2.32. The molecule has 0 radical (unpaired) electrons. The lowest BCUT2D eigenvalue weighted by molar-refractivity contribution is -0.142. The Kier molecular flexibility index (Phi) is 28.8. The van der Waals surface area contributed by atoms with Crippen LogP contribution in [-0.2, 0) is 111 Å². The van der Waals surface area contributed by atoms with Crippen molar-refractivity contribution in [3.63, 3.8) is 0 Å². The van der Waals surface area contributed by atoms with Crippen LogP contribution in [0.3, 0.4) is 0 Å². The van der Waals surface area contributed by atoms with Crippen LogP contribution >= 0.6 is 69.6 Å². The van der Waals surface area contributed by atoms with Crippen LogP contribution in [0.2, 0.25) is 30.1 Å². The Morgan fingerprint density at radius 3 is 1.48 bits per heavy atom. The molecule has 2 aliphatic heterocycles. The average molecular weight is 1590 g/mol. The molecule has 0 saturated heterocycles. The van der Waals surface area contributed by atoms with Gasteiger partial charge in [-0.15, -0.1) is 0 Å². The number of benzene rings is 7. The second-order valence-electron chi connectivity index (χ2n) is 24.1. The number of hydrogen-bond donors (Lipinski definition) is 8. The molecule has 2 heterocycles. The number of esters is 1. The molecule has 3 aliphatic rings. The fraction of sp³-hybridized carbons (Fsp3) is 0.282. The molecular weight excluding hydrogens is 1520 g/mol. The van der Waals surface area contributed by atoms with Crippen molar-refractivity contribution in [3.05, 3.63) is 224 Å². The van der Waals surface area contributed by atoms with E-state index in [4.69, 9.17) is 80.4 Å². The normalized spacial score (nSPS) is 14.1. The van der Waals surface area contributed by atoms with E-state index in [1.54, 1.807) is 59.5 Å². The number of halogens is 6. The van der Waals surface area contributed by atoms with E-state index < -0.39 is 83.3 Å². The lowest BCUT2D eigenvalue weighted by atomic mass is 9.90. The van der Waals surface area contributed by atoms with Gasteiger partial charge in [-0.2, -0.15) is 0 Å². The number of aryl methyl sites for hydroxylation is 1. The van der Waals surface area contributed by atoms with Crippen LogP contribution in [0.25, 0.3) is 6.08 Å². The molecule has 23 nitrogen and oxygen atoms in total. The Labute approximate surface area is 625 Å². The number of carboxylic acids is 3.